The highest BCUT2D eigenvalue weighted by atomic mass is 16.2. The van der Waals surface area contributed by atoms with Gasteiger partial charge >= 0.3 is 5.69 Å². The van der Waals surface area contributed by atoms with Gasteiger partial charge in [0.15, 0.2) is 0 Å². The third-order valence-electron chi connectivity index (χ3n) is 6.15. The van der Waals surface area contributed by atoms with Crippen LogP contribution in [-0.4, -0.2) is 38.5 Å². The van der Waals surface area contributed by atoms with Crippen LogP contribution in [0.15, 0.2) is 52.4 Å². The molecule has 0 radical (unpaired) electrons. The lowest BCUT2D eigenvalue weighted by Crippen LogP contribution is -2.30. The summed E-state index contributed by atoms with van der Waals surface area (Å²) in [4.78, 5) is 50.5. The summed E-state index contributed by atoms with van der Waals surface area (Å²) >= 11 is 0. The van der Waals surface area contributed by atoms with Gasteiger partial charge in [0.2, 0.25) is 0 Å². The van der Waals surface area contributed by atoms with Gasteiger partial charge in [-0.1, -0.05) is 0 Å². The average molecular weight is 444 g/mol. The van der Waals surface area contributed by atoms with E-state index in [-0.39, 0.29) is 16.6 Å². The Morgan fingerprint density at radius 2 is 1.88 bits per heavy atom. The molecule has 0 spiro atoms. The highest BCUT2D eigenvalue weighted by Crippen LogP contribution is 2.33. The number of pyridine rings is 2. The van der Waals surface area contributed by atoms with Crippen molar-refractivity contribution in [3.63, 3.8) is 0 Å². The van der Waals surface area contributed by atoms with Crippen molar-refractivity contribution >= 4 is 39.1 Å². The summed E-state index contributed by atoms with van der Waals surface area (Å²) in [7, 11) is 0. The number of carbonyl (C=O) groups excluding carboxylic acids is 1. The average Bonchev–Trinajstić information content (AvgIpc) is 2.85. The van der Waals surface area contributed by atoms with Crippen molar-refractivity contribution in [1.82, 2.24) is 19.5 Å². The zero-order valence-electron chi connectivity index (χ0n) is 18.3. The molecular formula is C24H24N6O3. The number of H-pyrrole nitrogens is 1. The molecule has 0 unspecified atom stereocenters. The zero-order chi connectivity index (χ0) is 22.9. The second kappa shape index (κ2) is 8.50. The molecule has 3 aromatic heterocycles. The van der Waals surface area contributed by atoms with Crippen LogP contribution in [0.1, 0.15) is 36.5 Å². The smallest absolute Gasteiger partial charge is 0.329 e. The number of nitrogens with one attached hydrogen (secondary N) is 2. The van der Waals surface area contributed by atoms with Crippen molar-refractivity contribution in [2.45, 2.75) is 32.7 Å². The predicted octanol–water partition coefficient (Wildman–Crippen LogP) is 2.90. The molecule has 1 aliphatic heterocycles. The highest BCUT2D eigenvalue weighted by Gasteiger charge is 2.17. The van der Waals surface area contributed by atoms with Crippen LogP contribution < -0.4 is 21.5 Å². The number of aryl methyl sites for hydroxylation is 1. The molecule has 4 aromatic rings. The van der Waals surface area contributed by atoms with Crippen LogP contribution in [0.2, 0.25) is 0 Å². The van der Waals surface area contributed by atoms with Gasteiger partial charge in [-0.25, -0.2) is 9.78 Å². The third kappa shape index (κ3) is 3.75. The highest BCUT2D eigenvalue weighted by molar-refractivity contribution is 6.11. The first kappa shape index (κ1) is 20.9. The van der Waals surface area contributed by atoms with Crippen molar-refractivity contribution in [3.8, 4) is 0 Å². The topological polar surface area (TPSA) is 113 Å². The fourth-order valence-electron chi connectivity index (χ4n) is 4.47. The first-order chi connectivity index (χ1) is 16.1. The fourth-order valence-corrected chi connectivity index (χ4v) is 4.47. The maximum atomic E-state index is 13.1. The summed E-state index contributed by atoms with van der Waals surface area (Å²) < 4.78 is 1.36. The van der Waals surface area contributed by atoms with Crippen LogP contribution in [0.5, 0.6) is 0 Å². The molecule has 0 atom stereocenters. The normalized spacial score (nSPS) is 14.0. The summed E-state index contributed by atoms with van der Waals surface area (Å²) in [6.07, 6.45) is 8.48. The lowest BCUT2D eigenvalue weighted by molar-refractivity contribution is 0.102. The monoisotopic (exact) mass is 444 g/mol. The standard InChI is InChI=1S/C24H24N6O3/c1-2-30-21-17(23(32)28-24(30)33)12-15(13-26-21)22(31)27-19-6-7-20(29-10-4-3-5-11-29)16-8-9-25-14-18(16)19/h6-9,12-14H,2-5,10-11H2,1H3,(H,27,31)(H,28,32,33). The lowest BCUT2D eigenvalue weighted by Gasteiger charge is -2.30. The van der Waals surface area contributed by atoms with Crippen LogP contribution in [0, 0.1) is 0 Å². The van der Waals surface area contributed by atoms with E-state index in [9.17, 15) is 14.4 Å². The number of hydrogen-bond acceptors (Lipinski definition) is 6. The molecular weight excluding hydrogens is 420 g/mol. The summed E-state index contributed by atoms with van der Waals surface area (Å²) in [5, 5.41) is 5.01. The Morgan fingerprint density at radius 3 is 2.67 bits per heavy atom. The number of anilines is 2. The van der Waals surface area contributed by atoms with E-state index in [1.807, 2.05) is 18.2 Å². The van der Waals surface area contributed by atoms with Gasteiger partial charge in [-0.05, 0) is 50.5 Å². The van der Waals surface area contributed by atoms with Gasteiger partial charge in [-0.2, -0.15) is 0 Å². The molecule has 1 aliphatic rings. The maximum absolute atomic E-state index is 13.1. The molecule has 0 saturated carbocycles. The molecule has 4 heterocycles. The fraction of sp³-hybridized carbons (Fsp3) is 0.292. The zero-order valence-corrected chi connectivity index (χ0v) is 18.3. The van der Waals surface area contributed by atoms with E-state index >= 15 is 0 Å². The van der Waals surface area contributed by atoms with Gasteiger partial charge in [0.05, 0.1) is 16.6 Å². The van der Waals surface area contributed by atoms with Gasteiger partial charge < -0.3 is 10.2 Å². The Bertz CT molecular complexity index is 1480. The lowest BCUT2D eigenvalue weighted by atomic mass is 10.0. The molecule has 2 N–H and O–H groups in total. The van der Waals surface area contributed by atoms with Gasteiger partial charge in [0.1, 0.15) is 5.65 Å². The van der Waals surface area contributed by atoms with E-state index in [4.69, 9.17) is 0 Å². The number of piperidine rings is 1. The van der Waals surface area contributed by atoms with Crippen LogP contribution in [0.3, 0.4) is 0 Å². The SMILES string of the molecule is CCn1c(=O)[nH]c(=O)c2cc(C(=O)Nc3ccc(N4CCCCC4)c4ccncc34)cnc21. The Kier molecular flexibility index (Phi) is 5.37. The largest absolute Gasteiger partial charge is 0.371 e. The number of carbonyl (C=O) groups is 1. The van der Waals surface area contributed by atoms with Crippen LogP contribution >= 0.6 is 0 Å². The van der Waals surface area contributed by atoms with E-state index in [1.165, 1.54) is 36.1 Å². The first-order valence-electron chi connectivity index (χ1n) is 11.1. The Morgan fingerprint density at radius 1 is 1.06 bits per heavy atom. The number of rotatable bonds is 4. The summed E-state index contributed by atoms with van der Waals surface area (Å²) in [6.45, 7) is 4.17. The Balaban J connectivity index is 1.51. The van der Waals surface area contributed by atoms with Gasteiger partial charge in [0, 0.05) is 54.7 Å². The van der Waals surface area contributed by atoms with E-state index in [0.29, 0.717) is 12.2 Å². The second-order valence-corrected chi connectivity index (χ2v) is 8.15. The van der Waals surface area contributed by atoms with Crippen molar-refractivity contribution in [1.29, 1.82) is 0 Å². The minimum atomic E-state index is -0.567. The second-order valence-electron chi connectivity index (χ2n) is 8.15. The molecule has 1 aromatic carbocycles. The van der Waals surface area contributed by atoms with Crippen molar-refractivity contribution < 1.29 is 4.79 Å². The van der Waals surface area contributed by atoms with Crippen LogP contribution in [0.25, 0.3) is 21.8 Å². The first-order valence-corrected chi connectivity index (χ1v) is 11.1. The molecule has 0 aliphatic carbocycles. The van der Waals surface area contributed by atoms with Crippen LogP contribution in [0.4, 0.5) is 11.4 Å². The van der Waals surface area contributed by atoms with E-state index < -0.39 is 17.2 Å². The number of nitrogens with zero attached hydrogens (tertiary/aromatic N) is 4. The minimum Gasteiger partial charge on any atom is -0.371 e. The number of amides is 1. The van der Waals surface area contributed by atoms with Gasteiger partial charge in [0.25, 0.3) is 11.5 Å². The van der Waals surface area contributed by atoms with Crippen molar-refractivity contribution in [2.24, 2.45) is 0 Å². The number of benzene rings is 1. The molecule has 0 bridgehead atoms. The molecule has 33 heavy (non-hydrogen) atoms. The number of aromatic nitrogens is 4. The number of hydrogen-bond donors (Lipinski definition) is 2. The predicted molar refractivity (Wildman–Crippen MR) is 128 cm³/mol. The summed E-state index contributed by atoms with van der Waals surface area (Å²) in [5.74, 6) is -0.395. The molecule has 168 valence electrons. The molecule has 1 saturated heterocycles. The van der Waals surface area contributed by atoms with E-state index in [2.05, 4.69) is 25.2 Å². The van der Waals surface area contributed by atoms with Gasteiger partial charge in [-0.3, -0.25) is 24.1 Å². The maximum Gasteiger partial charge on any atom is 0.329 e. The number of aromatic amines is 1. The Labute approximate surface area is 189 Å². The Hall–Kier alpha value is -4.01. The minimum absolute atomic E-state index is 0.191. The van der Waals surface area contributed by atoms with E-state index in [0.717, 1.165) is 29.5 Å². The van der Waals surface area contributed by atoms with Gasteiger partial charge in [-0.15, -0.1) is 0 Å². The van der Waals surface area contributed by atoms with Crippen LogP contribution in [-0.2, 0) is 6.54 Å². The molecule has 5 rings (SSSR count). The molecule has 1 amide bonds. The molecule has 1 fully saturated rings. The van der Waals surface area contributed by atoms with Crippen molar-refractivity contribution in [3.05, 3.63) is 69.3 Å². The molecule has 9 nitrogen and oxygen atoms in total. The third-order valence-corrected chi connectivity index (χ3v) is 6.15. The summed E-state index contributed by atoms with van der Waals surface area (Å²) in [5.41, 5.74) is 1.17. The quantitative estimate of drug-likeness (QED) is 0.500. The van der Waals surface area contributed by atoms with E-state index in [1.54, 1.807) is 19.3 Å². The molecule has 9 heteroatoms. The van der Waals surface area contributed by atoms with Crippen molar-refractivity contribution in [2.75, 3.05) is 23.3 Å². The summed E-state index contributed by atoms with van der Waals surface area (Å²) in [6, 6.07) is 7.36. The number of fused-ring (bicyclic) bond motifs is 2.